The fourth-order valence-corrected chi connectivity index (χ4v) is 6.62. The highest BCUT2D eigenvalue weighted by Gasteiger charge is 2.52. The molecule has 0 saturated heterocycles. The number of allylic oxidation sites excluding steroid dienone is 4. The van der Waals surface area contributed by atoms with Gasteiger partial charge in [-0.3, -0.25) is 9.59 Å². The predicted molar refractivity (Wildman–Crippen MR) is 238 cm³/mol. The summed E-state index contributed by atoms with van der Waals surface area (Å²) in [6.07, 6.45) is 12.4. The molecule has 0 bridgehead atoms. The van der Waals surface area contributed by atoms with Crippen molar-refractivity contribution in [3.05, 3.63) is 168 Å². The molecular formula is C51H62N2O6. The van der Waals surface area contributed by atoms with Gasteiger partial charge in [0.1, 0.15) is 23.0 Å². The van der Waals surface area contributed by atoms with Crippen LogP contribution in [0.4, 0.5) is 0 Å². The first-order valence-corrected chi connectivity index (χ1v) is 21.3. The minimum Gasteiger partial charge on any atom is -0.461 e. The minimum atomic E-state index is -0.467. The SMILES string of the molecule is CC.CC.CC.CC.O=C(NC1=CC=C(Oc2ccccc2)C1)C1(c2ccc3c(c2)OCO3)CC1.O=C(NC1=CC=C(Oc2ccccc2)C1)C1(c2ccccc2)CC1. The van der Waals surface area contributed by atoms with E-state index in [0.717, 1.165) is 77.0 Å². The van der Waals surface area contributed by atoms with Gasteiger partial charge in [-0.15, -0.1) is 0 Å². The average Bonchev–Trinajstić information content (AvgIpc) is 4.15. The van der Waals surface area contributed by atoms with Gasteiger partial charge in [-0.2, -0.15) is 0 Å². The Morgan fingerprint density at radius 1 is 0.492 bits per heavy atom. The molecule has 5 aliphatic rings. The number of hydrogen-bond donors (Lipinski definition) is 2. The summed E-state index contributed by atoms with van der Waals surface area (Å²) in [5, 5.41) is 6.17. The molecule has 4 aromatic carbocycles. The van der Waals surface area contributed by atoms with Gasteiger partial charge in [0.2, 0.25) is 18.6 Å². The third-order valence-corrected chi connectivity index (χ3v) is 9.82. The Hall–Kier alpha value is -6.02. The van der Waals surface area contributed by atoms with Crippen LogP contribution >= 0.6 is 0 Å². The molecule has 9 rings (SSSR count). The molecule has 0 radical (unpaired) electrons. The Bertz CT molecular complexity index is 2060. The molecule has 2 N–H and O–H groups in total. The van der Waals surface area contributed by atoms with Crippen molar-refractivity contribution in [2.75, 3.05) is 6.79 Å². The molecule has 8 nitrogen and oxygen atoms in total. The quantitative estimate of drug-likeness (QED) is 0.166. The van der Waals surface area contributed by atoms with Crippen LogP contribution in [0.5, 0.6) is 23.0 Å². The number of carbonyl (C=O) groups is 2. The lowest BCUT2D eigenvalue weighted by Gasteiger charge is -2.17. The van der Waals surface area contributed by atoms with Gasteiger partial charge in [0.25, 0.3) is 0 Å². The molecule has 0 atom stereocenters. The van der Waals surface area contributed by atoms with Crippen molar-refractivity contribution in [1.82, 2.24) is 10.6 Å². The smallest absolute Gasteiger partial charge is 0.234 e. The van der Waals surface area contributed by atoms with Crippen molar-refractivity contribution in [2.45, 2.75) is 105 Å². The van der Waals surface area contributed by atoms with E-state index in [4.69, 9.17) is 18.9 Å². The van der Waals surface area contributed by atoms with Gasteiger partial charge in [0.05, 0.1) is 10.8 Å². The van der Waals surface area contributed by atoms with Crippen LogP contribution in [0.15, 0.2) is 156 Å². The van der Waals surface area contributed by atoms with Gasteiger partial charge in [-0.1, -0.05) is 128 Å². The Labute approximate surface area is 352 Å². The summed E-state index contributed by atoms with van der Waals surface area (Å²) >= 11 is 0. The lowest BCUT2D eigenvalue weighted by Crippen LogP contribution is -2.34. The molecule has 2 saturated carbocycles. The second-order valence-electron chi connectivity index (χ2n) is 13.3. The number of benzene rings is 4. The highest BCUT2D eigenvalue weighted by atomic mass is 16.7. The van der Waals surface area contributed by atoms with E-state index in [1.807, 2.05) is 189 Å². The Balaban J connectivity index is 0.000000224. The van der Waals surface area contributed by atoms with E-state index >= 15 is 0 Å². The van der Waals surface area contributed by atoms with Crippen molar-refractivity contribution in [1.29, 1.82) is 0 Å². The second-order valence-corrected chi connectivity index (χ2v) is 13.3. The van der Waals surface area contributed by atoms with Crippen molar-refractivity contribution < 1.29 is 28.5 Å². The van der Waals surface area contributed by atoms with E-state index in [1.54, 1.807) is 0 Å². The van der Waals surface area contributed by atoms with E-state index < -0.39 is 5.41 Å². The Morgan fingerprint density at radius 2 is 0.898 bits per heavy atom. The van der Waals surface area contributed by atoms with Crippen LogP contribution in [0.2, 0.25) is 0 Å². The number of para-hydroxylation sites is 2. The van der Waals surface area contributed by atoms with Crippen LogP contribution < -0.4 is 29.6 Å². The minimum absolute atomic E-state index is 0.0296. The van der Waals surface area contributed by atoms with E-state index in [0.29, 0.717) is 18.6 Å². The zero-order chi connectivity index (χ0) is 42.7. The van der Waals surface area contributed by atoms with Crippen molar-refractivity contribution in [2.24, 2.45) is 0 Å². The molecular weight excluding hydrogens is 737 g/mol. The van der Waals surface area contributed by atoms with Gasteiger partial charge in [0.15, 0.2) is 11.5 Å². The first-order chi connectivity index (χ1) is 29.0. The second kappa shape index (κ2) is 22.8. The third-order valence-electron chi connectivity index (χ3n) is 9.82. The van der Waals surface area contributed by atoms with Crippen LogP contribution in [-0.4, -0.2) is 18.6 Å². The normalized spacial score (nSPS) is 16.1. The fraction of sp³-hybridized carbons (Fsp3) is 0.333. The maximum absolute atomic E-state index is 13.0. The van der Waals surface area contributed by atoms with Crippen LogP contribution in [-0.2, 0) is 20.4 Å². The molecule has 8 heteroatoms. The Morgan fingerprint density at radius 3 is 1.34 bits per heavy atom. The number of hydrogen-bond acceptors (Lipinski definition) is 6. The fourth-order valence-electron chi connectivity index (χ4n) is 6.62. The molecule has 1 heterocycles. The first kappa shape index (κ1) is 45.7. The van der Waals surface area contributed by atoms with E-state index in [-0.39, 0.29) is 24.0 Å². The standard InChI is InChI=1S/C22H19NO4.C21H19NO2.4C2H6/c24-21(22(10-11-22)15-6-9-19-20(12-15)26-14-25-19)23-16-7-8-18(13-16)27-17-4-2-1-3-5-17;23-20(21(13-14-21)16-7-3-1-4-8-16)22-17-11-12-19(15-17)24-18-9-5-2-6-10-18;4*1-2/h1-9,12H,10-11,13-14H2,(H,23,24);1-12H,13-15H2,(H,22,23);4*1-2H3. The zero-order valence-electron chi connectivity index (χ0n) is 36.1. The number of rotatable bonds is 10. The van der Waals surface area contributed by atoms with Crippen LogP contribution in [0.3, 0.4) is 0 Å². The summed E-state index contributed by atoms with van der Waals surface area (Å²) in [5.74, 6) is 4.85. The van der Waals surface area contributed by atoms with Gasteiger partial charge < -0.3 is 29.6 Å². The molecule has 0 aromatic heterocycles. The molecule has 0 unspecified atom stereocenters. The van der Waals surface area contributed by atoms with E-state index in [2.05, 4.69) is 10.6 Å². The van der Waals surface area contributed by atoms with E-state index in [1.165, 1.54) is 0 Å². The zero-order valence-corrected chi connectivity index (χ0v) is 36.1. The van der Waals surface area contributed by atoms with Gasteiger partial charge in [-0.05, 0) is 97.5 Å². The molecule has 0 spiro atoms. The molecule has 2 amide bonds. The first-order valence-electron chi connectivity index (χ1n) is 21.3. The number of fused-ring (bicyclic) bond motifs is 1. The summed E-state index contributed by atoms with van der Waals surface area (Å²) in [7, 11) is 0. The lowest BCUT2D eigenvalue weighted by atomic mass is 9.94. The van der Waals surface area contributed by atoms with Crippen LogP contribution in [0.1, 0.15) is 105 Å². The molecule has 2 fully saturated rings. The summed E-state index contributed by atoms with van der Waals surface area (Å²) in [6.45, 7) is 16.2. The highest BCUT2D eigenvalue weighted by Crippen LogP contribution is 2.51. The van der Waals surface area contributed by atoms with Crippen molar-refractivity contribution >= 4 is 11.8 Å². The van der Waals surface area contributed by atoms with Crippen LogP contribution in [0.25, 0.3) is 0 Å². The summed E-state index contributed by atoms with van der Waals surface area (Å²) in [5.41, 5.74) is 3.04. The molecule has 1 aliphatic heterocycles. The van der Waals surface area contributed by atoms with Gasteiger partial charge in [0, 0.05) is 24.2 Å². The summed E-state index contributed by atoms with van der Waals surface area (Å²) < 4.78 is 22.5. The number of amides is 2. The largest absolute Gasteiger partial charge is 0.461 e. The number of ether oxygens (including phenoxy) is 4. The van der Waals surface area contributed by atoms with Crippen molar-refractivity contribution in [3.8, 4) is 23.0 Å². The Kier molecular flexibility index (Phi) is 17.7. The monoisotopic (exact) mass is 798 g/mol. The highest BCUT2D eigenvalue weighted by molar-refractivity contribution is 5.93. The molecule has 4 aromatic rings. The van der Waals surface area contributed by atoms with Crippen molar-refractivity contribution in [3.63, 3.8) is 0 Å². The molecule has 4 aliphatic carbocycles. The topological polar surface area (TPSA) is 95.1 Å². The van der Waals surface area contributed by atoms with Gasteiger partial charge >= 0.3 is 0 Å². The summed E-state index contributed by atoms with van der Waals surface area (Å²) in [6, 6.07) is 35.1. The molecule has 312 valence electrons. The maximum atomic E-state index is 13.0. The number of carbonyl (C=O) groups excluding carboxylic acids is 2. The lowest BCUT2D eigenvalue weighted by molar-refractivity contribution is -0.123. The van der Waals surface area contributed by atoms with E-state index in [9.17, 15) is 9.59 Å². The number of nitrogens with one attached hydrogen (secondary N) is 2. The predicted octanol–water partition coefficient (Wildman–Crippen LogP) is 12.0. The maximum Gasteiger partial charge on any atom is 0.234 e. The van der Waals surface area contributed by atoms with Gasteiger partial charge in [-0.25, -0.2) is 0 Å². The molecule has 59 heavy (non-hydrogen) atoms. The van der Waals surface area contributed by atoms with Crippen LogP contribution in [0, 0.1) is 0 Å². The third kappa shape index (κ3) is 11.8. The average molecular weight is 799 g/mol. The summed E-state index contributed by atoms with van der Waals surface area (Å²) in [4.78, 5) is 25.7.